The standard InChI is InChI=1S/C23H23F4N3OS/c1-21(2,3)32(31)30-22(20-28-10-7-11-29-20,15-16-8-5-4-6-9-16)17-12-18(23(25,26)27)14-19(24)13-17/h4-14,30H,15H2,1-3H3/t22-,32+/m0/s1. The SMILES string of the molecule is CC(C)(C)[S@@+]([O-])N[C@@](Cc1ccccc1)(c1cc(F)cc(C(F)(F)F)c1)c1ncccn1. The summed E-state index contributed by atoms with van der Waals surface area (Å²) in [5, 5.41) is 0. The Bertz CT molecular complexity index is 1040. The molecule has 1 N–H and O–H groups in total. The van der Waals surface area contributed by atoms with Crippen molar-refractivity contribution in [3.63, 3.8) is 0 Å². The Kier molecular flexibility index (Phi) is 6.92. The average Bonchev–Trinajstić information content (AvgIpc) is 2.73. The molecular weight excluding hydrogens is 442 g/mol. The molecule has 0 aliphatic carbocycles. The number of rotatable bonds is 6. The predicted octanol–water partition coefficient (Wildman–Crippen LogP) is 5.17. The van der Waals surface area contributed by atoms with E-state index >= 15 is 0 Å². The van der Waals surface area contributed by atoms with Crippen molar-refractivity contribution in [2.45, 2.75) is 43.7 Å². The molecule has 0 amide bonds. The molecule has 0 aliphatic rings. The van der Waals surface area contributed by atoms with Gasteiger partial charge >= 0.3 is 6.18 Å². The summed E-state index contributed by atoms with van der Waals surface area (Å²) < 4.78 is 70.5. The minimum atomic E-state index is -4.77. The first-order valence-electron chi connectivity index (χ1n) is 9.81. The van der Waals surface area contributed by atoms with Crippen LogP contribution in [0.25, 0.3) is 0 Å². The van der Waals surface area contributed by atoms with E-state index in [2.05, 4.69) is 14.7 Å². The minimum Gasteiger partial charge on any atom is -0.598 e. The van der Waals surface area contributed by atoms with Crippen molar-refractivity contribution in [1.29, 1.82) is 0 Å². The zero-order valence-electron chi connectivity index (χ0n) is 17.8. The van der Waals surface area contributed by atoms with Crippen molar-refractivity contribution in [3.05, 3.63) is 95.3 Å². The van der Waals surface area contributed by atoms with Gasteiger partial charge in [-0.2, -0.15) is 13.2 Å². The highest BCUT2D eigenvalue weighted by molar-refractivity contribution is 7.90. The van der Waals surface area contributed by atoms with Crippen LogP contribution in [-0.4, -0.2) is 19.3 Å². The van der Waals surface area contributed by atoms with E-state index < -0.39 is 39.2 Å². The molecule has 0 bridgehead atoms. The van der Waals surface area contributed by atoms with Crippen LogP contribution in [0.5, 0.6) is 0 Å². The van der Waals surface area contributed by atoms with E-state index in [9.17, 15) is 22.1 Å². The highest BCUT2D eigenvalue weighted by Gasteiger charge is 2.46. The normalized spacial score (nSPS) is 15.2. The van der Waals surface area contributed by atoms with E-state index in [4.69, 9.17) is 0 Å². The van der Waals surface area contributed by atoms with Gasteiger partial charge in [-0.3, -0.25) is 0 Å². The maximum atomic E-state index is 14.5. The molecule has 0 spiro atoms. The predicted molar refractivity (Wildman–Crippen MR) is 115 cm³/mol. The quantitative estimate of drug-likeness (QED) is 0.403. The summed E-state index contributed by atoms with van der Waals surface area (Å²) in [4.78, 5) is 8.54. The fourth-order valence-electron chi connectivity index (χ4n) is 3.18. The van der Waals surface area contributed by atoms with E-state index in [0.29, 0.717) is 6.07 Å². The van der Waals surface area contributed by atoms with Crippen molar-refractivity contribution in [2.75, 3.05) is 0 Å². The van der Waals surface area contributed by atoms with Crippen LogP contribution in [0.15, 0.2) is 67.0 Å². The lowest BCUT2D eigenvalue weighted by molar-refractivity contribution is -0.137. The molecular formula is C23H23F4N3OS. The Balaban J connectivity index is 2.31. The largest absolute Gasteiger partial charge is 0.598 e. The lowest BCUT2D eigenvalue weighted by atomic mass is 9.83. The smallest absolute Gasteiger partial charge is 0.416 e. The summed E-state index contributed by atoms with van der Waals surface area (Å²) in [5.41, 5.74) is -2.10. The van der Waals surface area contributed by atoms with Crippen molar-refractivity contribution in [1.82, 2.24) is 14.7 Å². The van der Waals surface area contributed by atoms with Gasteiger partial charge in [0.1, 0.15) is 10.6 Å². The number of nitrogens with zero attached hydrogens (tertiary/aromatic N) is 2. The molecule has 0 saturated carbocycles. The summed E-state index contributed by atoms with van der Waals surface area (Å²) in [6.45, 7) is 5.17. The molecule has 4 nitrogen and oxygen atoms in total. The fraction of sp³-hybridized carbons (Fsp3) is 0.304. The number of benzene rings is 2. The Labute approximate surface area is 187 Å². The van der Waals surface area contributed by atoms with Crippen molar-refractivity contribution >= 4 is 11.4 Å². The van der Waals surface area contributed by atoms with E-state index in [0.717, 1.165) is 17.7 Å². The highest BCUT2D eigenvalue weighted by atomic mass is 32.2. The lowest BCUT2D eigenvalue weighted by Crippen LogP contribution is -2.54. The lowest BCUT2D eigenvalue weighted by Gasteiger charge is -2.37. The van der Waals surface area contributed by atoms with Crippen molar-refractivity contribution in [3.8, 4) is 0 Å². The van der Waals surface area contributed by atoms with Gasteiger partial charge in [0, 0.05) is 30.2 Å². The number of halogens is 4. The summed E-state index contributed by atoms with van der Waals surface area (Å²) in [6, 6.07) is 12.8. The first kappa shape index (κ1) is 24.2. The Morgan fingerprint density at radius 3 is 2.06 bits per heavy atom. The van der Waals surface area contributed by atoms with E-state index in [1.807, 2.05) is 0 Å². The third-order valence-corrected chi connectivity index (χ3v) is 6.45. The topological polar surface area (TPSA) is 60.9 Å². The molecule has 0 unspecified atom stereocenters. The van der Waals surface area contributed by atoms with Crippen LogP contribution in [-0.2, 0) is 29.5 Å². The van der Waals surface area contributed by atoms with E-state index in [1.54, 1.807) is 57.2 Å². The summed E-state index contributed by atoms with van der Waals surface area (Å²) >= 11 is -1.75. The maximum Gasteiger partial charge on any atom is 0.416 e. The highest BCUT2D eigenvalue weighted by Crippen LogP contribution is 2.38. The second-order valence-corrected chi connectivity index (χ2v) is 10.3. The van der Waals surface area contributed by atoms with Crippen LogP contribution in [0.1, 0.15) is 43.3 Å². The molecule has 32 heavy (non-hydrogen) atoms. The molecule has 0 saturated heterocycles. The molecule has 9 heteroatoms. The zero-order valence-corrected chi connectivity index (χ0v) is 18.6. The van der Waals surface area contributed by atoms with Gasteiger partial charge in [0.25, 0.3) is 0 Å². The monoisotopic (exact) mass is 465 g/mol. The Morgan fingerprint density at radius 2 is 1.50 bits per heavy atom. The number of aromatic nitrogens is 2. The van der Waals surface area contributed by atoms with Crippen LogP contribution in [0, 0.1) is 5.82 Å². The fourth-order valence-corrected chi connectivity index (χ4v) is 4.09. The van der Waals surface area contributed by atoms with Gasteiger partial charge in [0.05, 0.1) is 5.56 Å². The molecule has 3 rings (SSSR count). The van der Waals surface area contributed by atoms with Crippen LogP contribution in [0.3, 0.4) is 0 Å². The minimum absolute atomic E-state index is 0.0421. The molecule has 0 fully saturated rings. The summed E-state index contributed by atoms with van der Waals surface area (Å²) in [7, 11) is 0. The Morgan fingerprint density at radius 1 is 0.906 bits per heavy atom. The van der Waals surface area contributed by atoms with Gasteiger partial charge in [-0.15, -0.1) is 4.72 Å². The number of alkyl halides is 3. The molecule has 0 radical (unpaired) electrons. The molecule has 2 aromatic carbocycles. The third kappa shape index (κ3) is 5.46. The third-order valence-electron chi connectivity index (χ3n) is 4.80. The molecule has 2 atom stereocenters. The van der Waals surface area contributed by atoms with Gasteiger partial charge in [-0.1, -0.05) is 30.3 Å². The van der Waals surface area contributed by atoms with Crippen LogP contribution < -0.4 is 4.72 Å². The van der Waals surface area contributed by atoms with Crippen molar-refractivity contribution < 1.29 is 22.1 Å². The Hall–Kier alpha value is -2.49. The molecule has 0 aliphatic heterocycles. The number of hydrogen-bond acceptors (Lipinski definition) is 4. The van der Waals surface area contributed by atoms with Crippen molar-refractivity contribution in [2.24, 2.45) is 0 Å². The molecule has 170 valence electrons. The van der Waals surface area contributed by atoms with Gasteiger partial charge < -0.3 is 4.55 Å². The van der Waals surface area contributed by atoms with E-state index in [1.165, 1.54) is 12.4 Å². The second kappa shape index (κ2) is 9.17. The first-order valence-corrected chi connectivity index (χ1v) is 11.0. The summed E-state index contributed by atoms with van der Waals surface area (Å²) in [6.07, 6.45) is -1.85. The van der Waals surface area contributed by atoms with Crippen LogP contribution in [0.2, 0.25) is 0 Å². The number of nitrogens with one attached hydrogen (secondary N) is 1. The van der Waals surface area contributed by atoms with E-state index in [-0.39, 0.29) is 17.8 Å². The van der Waals surface area contributed by atoms with Gasteiger partial charge in [-0.25, -0.2) is 14.4 Å². The second-order valence-electron chi connectivity index (χ2n) is 8.35. The molecule has 3 aromatic rings. The zero-order chi connectivity index (χ0) is 23.6. The van der Waals surface area contributed by atoms with Crippen LogP contribution >= 0.6 is 0 Å². The molecule has 1 heterocycles. The van der Waals surface area contributed by atoms with Gasteiger partial charge in [0.15, 0.2) is 11.4 Å². The van der Waals surface area contributed by atoms with Gasteiger partial charge in [0.2, 0.25) is 0 Å². The average molecular weight is 466 g/mol. The summed E-state index contributed by atoms with van der Waals surface area (Å²) in [5.74, 6) is -0.980. The molecule has 1 aromatic heterocycles. The number of hydrogen-bond donors (Lipinski definition) is 1. The first-order chi connectivity index (χ1) is 14.9. The van der Waals surface area contributed by atoms with Gasteiger partial charge in [-0.05, 0) is 56.2 Å². The van der Waals surface area contributed by atoms with Crippen LogP contribution in [0.4, 0.5) is 17.6 Å². The maximum absolute atomic E-state index is 14.5.